The van der Waals surface area contributed by atoms with E-state index in [0.717, 1.165) is 19.3 Å². The van der Waals surface area contributed by atoms with E-state index in [4.69, 9.17) is 9.84 Å². The molecule has 1 aromatic rings. The van der Waals surface area contributed by atoms with Crippen LogP contribution in [0, 0.1) is 0 Å². The van der Waals surface area contributed by atoms with Crippen molar-refractivity contribution < 1.29 is 14.6 Å². The highest BCUT2D eigenvalue weighted by molar-refractivity contribution is 5.89. The largest absolute Gasteiger partial charge is 0.508 e. The second kappa shape index (κ2) is 12.7. The highest BCUT2D eigenvalue weighted by atomic mass is 16.5. The van der Waals surface area contributed by atoms with Crippen molar-refractivity contribution in [1.82, 2.24) is 0 Å². The lowest BCUT2D eigenvalue weighted by molar-refractivity contribution is 0.0498. The van der Waals surface area contributed by atoms with Crippen molar-refractivity contribution in [1.29, 1.82) is 0 Å². The van der Waals surface area contributed by atoms with Gasteiger partial charge < -0.3 is 9.84 Å². The fourth-order valence-corrected chi connectivity index (χ4v) is 2.31. The first-order chi connectivity index (χ1) is 11.2. The Morgan fingerprint density at radius 2 is 1.57 bits per heavy atom. The van der Waals surface area contributed by atoms with Crippen LogP contribution in [0.1, 0.15) is 75.1 Å². The molecule has 1 aromatic carbocycles. The van der Waals surface area contributed by atoms with Gasteiger partial charge in [0.25, 0.3) is 0 Å². The molecule has 0 bridgehead atoms. The minimum Gasteiger partial charge on any atom is -0.508 e. The third-order valence-electron chi connectivity index (χ3n) is 3.74. The number of hydrogen-bond donors (Lipinski definition) is 1. The van der Waals surface area contributed by atoms with Crippen LogP contribution in [0.25, 0.3) is 0 Å². The second-order valence-corrected chi connectivity index (χ2v) is 5.85. The molecule has 0 radical (unpaired) electrons. The number of unbranched alkanes of at least 4 members (excludes halogenated alkanes) is 7. The minimum absolute atomic E-state index is 0.152. The smallest absolute Gasteiger partial charge is 0.338 e. The third-order valence-corrected chi connectivity index (χ3v) is 3.74. The average Bonchev–Trinajstić information content (AvgIpc) is 2.56. The molecule has 128 valence electrons. The van der Waals surface area contributed by atoms with E-state index in [1.807, 2.05) is 0 Å². The molecule has 0 aliphatic heterocycles. The number of carbonyl (C=O) groups is 1. The van der Waals surface area contributed by atoms with Gasteiger partial charge in [0.05, 0.1) is 12.2 Å². The van der Waals surface area contributed by atoms with Gasteiger partial charge in [0.2, 0.25) is 0 Å². The number of phenols is 1. The van der Waals surface area contributed by atoms with Gasteiger partial charge >= 0.3 is 5.97 Å². The molecule has 1 rings (SSSR count). The Hall–Kier alpha value is -1.77. The van der Waals surface area contributed by atoms with Gasteiger partial charge in [0.1, 0.15) is 5.75 Å². The van der Waals surface area contributed by atoms with Crippen LogP contribution in [0.4, 0.5) is 0 Å². The molecule has 3 heteroatoms. The monoisotopic (exact) mass is 318 g/mol. The molecule has 0 aliphatic carbocycles. The molecule has 0 atom stereocenters. The van der Waals surface area contributed by atoms with Crippen molar-refractivity contribution >= 4 is 5.97 Å². The lowest BCUT2D eigenvalue weighted by Gasteiger charge is -2.04. The van der Waals surface area contributed by atoms with Crippen LogP contribution in [0.15, 0.2) is 36.4 Å². The van der Waals surface area contributed by atoms with Gasteiger partial charge in [-0.1, -0.05) is 44.8 Å². The van der Waals surface area contributed by atoms with Crippen molar-refractivity contribution in [3.8, 4) is 5.75 Å². The van der Waals surface area contributed by atoms with Crippen LogP contribution in [-0.4, -0.2) is 17.7 Å². The van der Waals surface area contributed by atoms with Crippen molar-refractivity contribution in [2.75, 3.05) is 6.61 Å². The van der Waals surface area contributed by atoms with Crippen molar-refractivity contribution in [3.63, 3.8) is 0 Å². The Morgan fingerprint density at radius 3 is 2.22 bits per heavy atom. The number of allylic oxidation sites excluding steroid dienone is 2. The zero-order valence-corrected chi connectivity index (χ0v) is 14.3. The molecule has 23 heavy (non-hydrogen) atoms. The summed E-state index contributed by atoms with van der Waals surface area (Å²) in [6.07, 6.45) is 15.3. The van der Waals surface area contributed by atoms with E-state index in [-0.39, 0.29) is 11.7 Å². The maximum Gasteiger partial charge on any atom is 0.338 e. The predicted octanol–water partition coefficient (Wildman–Crippen LogP) is 5.64. The number of benzene rings is 1. The first kappa shape index (κ1) is 19.3. The number of carbonyl (C=O) groups excluding carboxylic acids is 1. The summed E-state index contributed by atoms with van der Waals surface area (Å²) in [6, 6.07) is 6.12. The molecule has 0 aromatic heterocycles. The fraction of sp³-hybridized carbons (Fsp3) is 0.550. The van der Waals surface area contributed by atoms with Crippen molar-refractivity contribution in [2.45, 2.75) is 64.7 Å². The molecule has 0 saturated carbocycles. The van der Waals surface area contributed by atoms with Gasteiger partial charge in [0, 0.05) is 0 Å². The van der Waals surface area contributed by atoms with E-state index in [0.29, 0.717) is 12.2 Å². The highest BCUT2D eigenvalue weighted by Gasteiger charge is 2.05. The van der Waals surface area contributed by atoms with Crippen LogP contribution in [0.2, 0.25) is 0 Å². The lowest BCUT2D eigenvalue weighted by atomic mass is 10.1. The van der Waals surface area contributed by atoms with E-state index in [1.165, 1.54) is 50.7 Å². The summed E-state index contributed by atoms with van der Waals surface area (Å²) in [5.41, 5.74) is 0.478. The molecular formula is C20H30O3. The number of esters is 1. The number of aromatic hydroxyl groups is 1. The molecule has 3 nitrogen and oxygen atoms in total. The topological polar surface area (TPSA) is 46.5 Å². The number of hydrogen-bond acceptors (Lipinski definition) is 3. The maximum absolute atomic E-state index is 11.7. The summed E-state index contributed by atoms with van der Waals surface area (Å²) in [5, 5.41) is 9.17. The molecular weight excluding hydrogens is 288 g/mol. The Bertz CT molecular complexity index is 448. The van der Waals surface area contributed by atoms with Gasteiger partial charge in [-0.15, -0.1) is 0 Å². The first-order valence-corrected chi connectivity index (χ1v) is 8.85. The van der Waals surface area contributed by atoms with E-state index in [9.17, 15) is 4.79 Å². The average molecular weight is 318 g/mol. The minimum atomic E-state index is -0.326. The summed E-state index contributed by atoms with van der Waals surface area (Å²) in [4.78, 5) is 11.7. The quantitative estimate of drug-likeness (QED) is 0.308. The molecule has 0 amide bonds. The van der Waals surface area contributed by atoms with E-state index >= 15 is 0 Å². The number of ether oxygens (including phenoxy) is 1. The van der Waals surface area contributed by atoms with E-state index in [1.54, 1.807) is 12.1 Å². The lowest BCUT2D eigenvalue weighted by Crippen LogP contribution is -2.06. The zero-order valence-electron chi connectivity index (χ0n) is 14.3. The Morgan fingerprint density at radius 1 is 0.957 bits per heavy atom. The predicted molar refractivity (Wildman–Crippen MR) is 94.8 cm³/mol. The summed E-state index contributed by atoms with van der Waals surface area (Å²) in [7, 11) is 0. The van der Waals surface area contributed by atoms with Gasteiger partial charge in [-0.25, -0.2) is 4.79 Å². The van der Waals surface area contributed by atoms with Crippen LogP contribution < -0.4 is 0 Å². The molecule has 0 unspecified atom stereocenters. The summed E-state index contributed by atoms with van der Waals surface area (Å²) in [6.45, 7) is 2.69. The highest BCUT2D eigenvalue weighted by Crippen LogP contribution is 2.11. The van der Waals surface area contributed by atoms with Crippen LogP contribution in [0.3, 0.4) is 0 Å². The van der Waals surface area contributed by atoms with Gasteiger partial charge in [-0.05, 0) is 56.4 Å². The summed E-state index contributed by atoms with van der Waals surface area (Å²) in [5.74, 6) is -0.175. The summed E-state index contributed by atoms with van der Waals surface area (Å²) >= 11 is 0. The van der Waals surface area contributed by atoms with Crippen LogP contribution in [0.5, 0.6) is 5.75 Å². The standard InChI is InChI=1S/C20H30O3/c1-2-3-4-5-6-7-8-9-10-11-12-17-23-20(22)18-13-15-19(21)16-14-18/h8-9,13-16,21H,2-7,10-12,17H2,1H3/b9-8+. The number of rotatable bonds is 12. The normalized spacial score (nSPS) is 11.0. The maximum atomic E-state index is 11.7. The molecule has 0 spiro atoms. The molecule has 1 N–H and O–H groups in total. The molecule has 0 heterocycles. The fourth-order valence-electron chi connectivity index (χ4n) is 2.31. The van der Waals surface area contributed by atoms with E-state index < -0.39 is 0 Å². The Kier molecular flexibility index (Phi) is 10.7. The van der Waals surface area contributed by atoms with Gasteiger partial charge in [-0.2, -0.15) is 0 Å². The summed E-state index contributed by atoms with van der Waals surface area (Å²) < 4.78 is 5.21. The molecule has 0 aliphatic rings. The van der Waals surface area contributed by atoms with Crippen LogP contribution >= 0.6 is 0 Å². The Labute approximate surface area is 140 Å². The Balaban J connectivity index is 1.96. The first-order valence-electron chi connectivity index (χ1n) is 8.85. The van der Waals surface area contributed by atoms with Gasteiger partial charge in [-0.3, -0.25) is 0 Å². The number of phenolic OH excluding ortho intramolecular Hbond substituents is 1. The third kappa shape index (κ3) is 9.77. The second-order valence-electron chi connectivity index (χ2n) is 5.85. The van der Waals surface area contributed by atoms with Crippen molar-refractivity contribution in [3.05, 3.63) is 42.0 Å². The molecule has 0 saturated heterocycles. The van der Waals surface area contributed by atoms with Gasteiger partial charge in [0.15, 0.2) is 0 Å². The van der Waals surface area contributed by atoms with Crippen LogP contribution in [-0.2, 0) is 4.74 Å². The molecule has 0 fully saturated rings. The van der Waals surface area contributed by atoms with Crippen molar-refractivity contribution in [2.24, 2.45) is 0 Å². The zero-order chi connectivity index (χ0) is 16.8. The SMILES string of the molecule is CCCCCCC/C=C/CCCCOC(=O)c1ccc(O)cc1. The van der Waals surface area contributed by atoms with E-state index in [2.05, 4.69) is 19.1 Å².